The van der Waals surface area contributed by atoms with E-state index >= 15 is 0 Å². The van der Waals surface area contributed by atoms with Crippen molar-refractivity contribution in [2.45, 2.75) is 31.0 Å². The van der Waals surface area contributed by atoms with E-state index in [1.54, 1.807) is 30.5 Å². The maximum absolute atomic E-state index is 14.3. The molecule has 0 unspecified atom stereocenters. The first-order valence-corrected chi connectivity index (χ1v) is 14.2. The lowest BCUT2D eigenvalue weighted by atomic mass is 10.2. The Kier molecular flexibility index (Phi) is 7.49. The number of halogens is 1. The fourth-order valence-corrected chi connectivity index (χ4v) is 6.56. The average Bonchev–Trinajstić information content (AvgIpc) is 3.15. The van der Waals surface area contributed by atoms with Crippen molar-refractivity contribution in [2.75, 3.05) is 12.8 Å². The van der Waals surface area contributed by atoms with Crippen LogP contribution in [0.3, 0.4) is 0 Å². The van der Waals surface area contributed by atoms with Crippen LogP contribution in [-0.4, -0.2) is 38.9 Å². The highest BCUT2D eigenvalue weighted by molar-refractivity contribution is 7.90. The third kappa shape index (κ3) is 6.22. The van der Waals surface area contributed by atoms with Crippen LogP contribution in [0.4, 0.5) is 4.39 Å². The number of thiazole rings is 1. The molecule has 2 aromatic carbocycles. The van der Waals surface area contributed by atoms with E-state index in [9.17, 15) is 21.2 Å². The zero-order valence-corrected chi connectivity index (χ0v) is 20.5. The van der Waals surface area contributed by atoms with Gasteiger partial charge in [0.15, 0.2) is 9.84 Å². The van der Waals surface area contributed by atoms with E-state index < -0.39 is 25.7 Å². The van der Waals surface area contributed by atoms with Crippen molar-refractivity contribution >= 4 is 31.2 Å². The number of hydrogen-bond donors (Lipinski definition) is 0. The molecule has 0 saturated heterocycles. The summed E-state index contributed by atoms with van der Waals surface area (Å²) >= 11 is 1.25. The van der Waals surface area contributed by atoms with Crippen LogP contribution in [-0.2, 0) is 32.2 Å². The molecule has 1 aromatic heterocycles. The van der Waals surface area contributed by atoms with Crippen LogP contribution in [0.5, 0.6) is 0 Å². The minimum atomic E-state index is -3.66. The Morgan fingerprint density at radius 3 is 2.34 bits per heavy atom. The maximum Gasteiger partial charge on any atom is 0.218 e. The third-order valence-corrected chi connectivity index (χ3v) is 8.56. The maximum atomic E-state index is 14.3. The molecule has 0 amide bonds. The second-order valence-corrected chi connectivity index (χ2v) is 13.0. The number of rotatable bonds is 9. The van der Waals surface area contributed by atoms with Gasteiger partial charge >= 0.3 is 0 Å². The van der Waals surface area contributed by atoms with Crippen molar-refractivity contribution in [3.8, 4) is 10.4 Å². The first-order chi connectivity index (χ1) is 15.0. The highest BCUT2D eigenvalue weighted by Crippen LogP contribution is 2.30. The Balaban J connectivity index is 1.84. The number of benzene rings is 2. The largest absolute Gasteiger partial charge is 0.248 e. The van der Waals surface area contributed by atoms with Gasteiger partial charge in [0.2, 0.25) is 10.0 Å². The minimum Gasteiger partial charge on any atom is -0.248 e. The molecule has 32 heavy (non-hydrogen) atoms. The van der Waals surface area contributed by atoms with Crippen LogP contribution in [0.2, 0.25) is 0 Å². The Labute approximate surface area is 192 Å². The molecule has 0 atom stereocenters. The van der Waals surface area contributed by atoms with Gasteiger partial charge in [0.25, 0.3) is 0 Å². The van der Waals surface area contributed by atoms with E-state index in [0.29, 0.717) is 27.6 Å². The van der Waals surface area contributed by atoms with Gasteiger partial charge in [0.05, 0.1) is 17.2 Å². The first-order valence-electron chi connectivity index (χ1n) is 9.92. The Bertz CT molecular complexity index is 1290. The standard InChI is InChI=1S/C22H25FN2O4S3/c1-16(2)13-25(32(28,29)15-17-7-5-4-6-8-17)14-22-24-12-20(30-22)18-9-10-21(19(23)11-18)31(3,26)27/h4-12,16H,13-15H2,1-3H3. The molecule has 0 bridgehead atoms. The van der Waals surface area contributed by atoms with Crippen molar-refractivity contribution in [3.05, 3.63) is 71.1 Å². The van der Waals surface area contributed by atoms with E-state index in [2.05, 4.69) is 4.98 Å². The highest BCUT2D eigenvalue weighted by atomic mass is 32.2. The van der Waals surface area contributed by atoms with E-state index in [1.165, 1.54) is 27.8 Å². The summed E-state index contributed by atoms with van der Waals surface area (Å²) < 4.78 is 65.1. The molecule has 0 aliphatic rings. The number of sulfone groups is 1. The van der Waals surface area contributed by atoms with Gasteiger partial charge in [-0.2, -0.15) is 4.31 Å². The van der Waals surface area contributed by atoms with Gasteiger partial charge in [-0.15, -0.1) is 11.3 Å². The summed E-state index contributed by atoms with van der Waals surface area (Å²) in [5.41, 5.74) is 1.20. The fourth-order valence-electron chi connectivity index (χ4n) is 3.18. The van der Waals surface area contributed by atoms with Crippen LogP contribution in [0.25, 0.3) is 10.4 Å². The molecular formula is C22H25FN2O4S3. The number of hydrogen-bond acceptors (Lipinski definition) is 6. The van der Waals surface area contributed by atoms with Gasteiger partial charge in [-0.1, -0.05) is 50.2 Å². The van der Waals surface area contributed by atoms with E-state index in [-0.39, 0.29) is 23.1 Å². The van der Waals surface area contributed by atoms with Crippen molar-refractivity contribution < 1.29 is 21.2 Å². The third-order valence-electron chi connectivity index (χ3n) is 4.64. The van der Waals surface area contributed by atoms with Gasteiger partial charge in [-0.3, -0.25) is 0 Å². The molecule has 0 N–H and O–H groups in total. The number of nitrogens with zero attached hydrogens (tertiary/aromatic N) is 2. The molecule has 3 aromatic rings. The summed E-state index contributed by atoms with van der Waals surface area (Å²) in [4.78, 5) is 4.60. The molecule has 0 fully saturated rings. The molecule has 1 heterocycles. The Morgan fingerprint density at radius 1 is 1.06 bits per heavy atom. The molecule has 6 nitrogen and oxygen atoms in total. The van der Waals surface area contributed by atoms with Crippen molar-refractivity contribution in [3.63, 3.8) is 0 Å². The smallest absolute Gasteiger partial charge is 0.218 e. The molecular weight excluding hydrogens is 471 g/mol. The lowest BCUT2D eigenvalue weighted by molar-refractivity contribution is 0.361. The normalized spacial score (nSPS) is 12.6. The summed E-state index contributed by atoms with van der Waals surface area (Å²) in [6.45, 7) is 4.36. The van der Waals surface area contributed by atoms with E-state index in [4.69, 9.17) is 0 Å². The van der Waals surface area contributed by atoms with Crippen molar-refractivity contribution in [2.24, 2.45) is 5.92 Å². The van der Waals surface area contributed by atoms with Crippen LogP contribution < -0.4 is 0 Å². The van der Waals surface area contributed by atoms with Crippen LogP contribution in [0.1, 0.15) is 24.4 Å². The van der Waals surface area contributed by atoms with Crippen LogP contribution in [0.15, 0.2) is 59.6 Å². The summed E-state index contributed by atoms with van der Waals surface area (Å²) in [6, 6.07) is 12.9. The van der Waals surface area contributed by atoms with Gasteiger partial charge in [0, 0.05) is 19.0 Å². The molecule has 0 radical (unpaired) electrons. The predicted molar refractivity (Wildman–Crippen MR) is 125 cm³/mol. The van der Waals surface area contributed by atoms with Gasteiger partial charge < -0.3 is 0 Å². The number of aromatic nitrogens is 1. The highest BCUT2D eigenvalue weighted by Gasteiger charge is 2.25. The van der Waals surface area contributed by atoms with E-state index in [0.717, 1.165) is 12.3 Å². The zero-order valence-electron chi connectivity index (χ0n) is 18.0. The average molecular weight is 497 g/mol. The fraction of sp³-hybridized carbons (Fsp3) is 0.318. The lowest BCUT2D eigenvalue weighted by Crippen LogP contribution is -2.34. The minimum absolute atomic E-state index is 0.100. The second-order valence-electron chi connectivity index (χ2n) is 7.96. The molecule has 0 spiro atoms. The lowest BCUT2D eigenvalue weighted by Gasteiger charge is -2.23. The first kappa shape index (κ1) is 24.5. The van der Waals surface area contributed by atoms with Crippen molar-refractivity contribution in [1.29, 1.82) is 0 Å². The monoisotopic (exact) mass is 496 g/mol. The zero-order chi connectivity index (χ0) is 23.5. The molecule has 10 heteroatoms. The summed E-state index contributed by atoms with van der Waals surface area (Å²) in [5, 5.41) is 0.574. The molecule has 3 rings (SSSR count). The van der Waals surface area contributed by atoms with Gasteiger partial charge in [-0.05, 0) is 29.2 Å². The molecule has 0 saturated carbocycles. The SMILES string of the molecule is CC(C)CN(Cc1ncc(-c2ccc(S(C)(=O)=O)c(F)c2)s1)S(=O)(=O)Cc1ccccc1. The quantitative estimate of drug-likeness (QED) is 0.440. The van der Waals surface area contributed by atoms with Crippen molar-refractivity contribution in [1.82, 2.24) is 9.29 Å². The predicted octanol–water partition coefficient (Wildman–Crippen LogP) is 4.34. The molecule has 172 valence electrons. The van der Waals surface area contributed by atoms with E-state index in [1.807, 2.05) is 19.9 Å². The number of sulfonamides is 1. The summed E-state index contributed by atoms with van der Waals surface area (Å²) in [7, 11) is -7.24. The van der Waals surface area contributed by atoms with Crippen LogP contribution in [0, 0.1) is 11.7 Å². The molecule has 0 aliphatic carbocycles. The molecule has 0 aliphatic heterocycles. The van der Waals surface area contributed by atoms with Gasteiger partial charge in [-0.25, -0.2) is 26.2 Å². The summed E-state index contributed by atoms with van der Waals surface area (Å²) in [5.74, 6) is -0.804. The Hall–Kier alpha value is -2.14. The Morgan fingerprint density at radius 2 is 1.75 bits per heavy atom. The second kappa shape index (κ2) is 9.78. The van der Waals surface area contributed by atoms with Crippen LogP contribution >= 0.6 is 11.3 Å². The van der Waals surface area contributed by atoms with Gasteiger partial charge in [0.1, 0.15) is 15.7 Å². The summed E-state index contributed by atoms with van der Waals surface area (Å²) in [6.07, 6.45) is 2.50. The topological polar surface area (TPSA) is 84.4 Å².